The monoisotopic (exact) mass is 406 g/mol. The quantitative estimate of drug-likeness (QED) is 0.729. The van der Waals surface area contributed by atoms with Gasteiger partial charge in [0.25, 0.3) is 0 Å². The van der Waals surface area contributed by atoms with Gasteiger partial charge in [0.05, 0.1) is 4.83 Å². The van der Waals surface area contributed by atoms with Crippen molar-refractivity contribution in [3.8, 4) is 0 Å². The number of halogens is 2. The highest BCUT2D eigenvalue weighted by Crippen LogP contribution is 2.46. The SMILES string of the molecule is CC(C)[C@H](Br)C1(c2ccc(Cl)cc2)O[C@@H](C(=O)O)[C@H](C(=O)O)O1. The second-order valence-electron chi connectivity index (χ2n) is 5.57. The fraction of sp³-hybridized carbons (Fsp3) is 0.467. The van der Waals surface area contributed by atoms with Crippen LogP contribution in [0.4, 0.5) is 0 Å². The van der Waals surface area contributed by atoms with Crippen LogP contribution in [0.1, 0.15) is 19.4 Å². The molecule has 0 aliphatic carbocycles. The molecule has 8 heteroatoms. The number of benzene rings is 1. The third kappa shape index (κ3) is 3.38. The van der Waals surface area contributed by atoms with Crippen LogP contribution in [0.3, 0.4) is 0 Å². The standard InChI is InChI=1S/C15H16BrClO6/c1-7(2)12(16)15(8-3-5-9(17)6-4-8)22-10(13(18)19)11(23-15)14(20)21/h3-7,10-12H,1-2H3,(H,18,19)(H,20,21)/t10-,11-,12+/m1/s1. The Morgan fingerprint density at radius 3 is 1.91 bits per heavy atom. The highest BCUT2D eigenvalue weighted by Gasteiger charge is 2.58. The zero-order chi connectivity index (χ0) is 17.4. The van der Waals surface area contributed by atoms with Gasteiger partial charge in [-0.25, -0.2) is 9.59 Å². The smallest absolute Gasteiger partial charge is 0.336 e. The first-order chi connectivity index (χ1) is 10.7. The molecule has 0 unspecified atom stereocenters. The van der Waals surface area contributed by atoms with E-state index < -0.39 is 34.8 Å². The summed E-state index contributed by atoms with van der Waals surface area (Å²) in [6, 6.07) is 6.47. The van der Waals surface area contributed by atoms with Gasteiger partial charge < -0.3 is 19.7 Å². The van der Waals surface area contributed by atoms with Gasteiger partial charge in [0.1, 0.15) is 0 Å². The lowest BCUT2D eigenvalue weighted by molar-refractivity contribution is -0.197. The Hall–Kier alpha value is -1.15. The fourth-order valence-corrected chi connectivity index (χ4v) is 3.04. The summed E-state index contributed by atoms with van der Waals surface area (Å²) in [5.41, 5.74) is 0.493. The first kappa shape index (κ1) is 18.2. The maximum Gasteiger partial charge on any atom is 0.336 e. The van der Waals surface area contributed by atoms with E-state index in [9.17, 15) is 19.8 Å². The molecule has 6 nitrogen and oxygen atoms in total. The Morgan fingerprint density at radius 2 is 1.57 bits per heavy atom. The Kier molecular flexibility index (Phi) is 5.35. The van der Waals surface area contributed by atoms with E-state index in [2.05, 4.69) is 15.9 Å². The van der Waals surface area contributed by atoms with Crippen molar-refractivity contribution in [3.63, 3.8) is 0 Å². The van der Waals surface area contributed by atoms with Gasteiger partial charge in [-0.1, -0.05) is 53.5 Å². The van der Waals surface area contributed by atoms with E-state index in [4.69, 9.17) is 21.1 Å². The summed E-state index contributed by atoms with van der Waals surface area (Å²) in [6.45, 7) is 3.77. The Labute approximate surface area is 146 Å². The number of alkyl halides is 1. The first-order valence-corrected chi connectivity index (χ1v) is 8.19. The minimum Gasteiger partial charge on any atom is -0.479 e. The topological polar surface area (TPSA) is 93.1 Å². The number of carbonyl (C=O) groups is 2. The van der Waals surface area contributed by atoms with Gasteiger partial charge in [0.2, 0.25) is 5.79 Å². The lowest BCUT2D eigenvalue weighted by Crippen LogP contribution is -2.41. The second kappa shape index (κ2) is 6.76. The predicted octanol–water partition coefficient (Wildman–Crippen LogP) is 2.87. The van der Waals surface area contributed by atoms with Crippen LogP contribution >= 0.6 is 27.5 Å². The van der Waals surface area contributed by atoms with Gasteiger partial charge in [0.15, 0.2) is 12.2 Å². The maximum absolute atomic E-state index is 11.4. The first-order valence-electron chi connectivity index (χ1n) is 6.90. The minimum atomic E-state index is -1.61. The summed E-state index contributed by atoms with van der Waals surface area (Å²) in [5.74, 6) is -4.34. The van der Waals surface area contributed by atoms with Crippen molar-refractivity contribution >= 4 is 39.5 Å². The highest BCUT2D eigenvalue weighted by molar-refractivity contribution is 9.09. The molecule has 126 valence electrons. The van der Waals surface area contributed by atoms with Crippen molar-refractivity contribution < 1.29 is 29.3 Å². The molecule has 1 aliphatic heterocycles. The van der Waals surface area contributed by atoms with E-state index >= 15 is 0 Å². The Bertz CT molecular complexity index is 580. The molecule has 1 aromatic carbocycles. The van der Waals surface area contributed by atoms with E-state index in [-0.39, 0.29) is 5.92 Å². The average Bonchev–Trinajstić information content (AvgIpc) is 2.89. The molecule has 0 radical (unpaired) electrons. The van der Waals surface area contributed by atoms with Gasteiger partial charge in [-0.2, -0.15) is 0 Å². The van der Waals surface area contributed by atoms with Crippen LogP contribution in [0.25, 0.3) is 0 Å². The zero-order valence-electron chi connectivity index (χ0n) is 12.4. The number of hydrogen-bond acceptors (Lipinski definition) is 4. The normalized spacial score (nSPS) is 24.6. The molecule has 3 atom stereocenters. The predicted molar refractivity (Wildman–Crippen MR) is 85.7 cm³/mol. The summed E-state index contributed by atoms with van der Waals surface area (Å²) in [5, 5.41) is 19.0. The largest absolute Gasteiger partial charge is 0.479 e. The van der Waals surface area contributed by atoms with E-state index in [0.717, 1.165) is 0 Å². The van der Waals surface area contributed by atoms with Gasteiger partial charge in [0, 0.05) is 10.6 Å². The molecule has 1 saturated heterocycles. The molecular formula is C15H16BrClO6. The van der Waals surface area contributed by atoms with E-state index in [0.29, 0.717) is 10.6 Å². The van der Waals surface area contributed by atoms with Crippen LogP contribution in [0.2, 0.25) is 5.02 Å². The van der Waals surface area contributed by atoms with Crippen LogP contribution < -0.4 is 0 Å². The molecule has 2 rings (SSSR count). The van der Waals surface area contributed by atoms with Crippen molar-refractivity contribution in [2.75, 3.05) is 0 Å². The molecule has 1 heterocycles. The van der Waals surface area contributed by atoms with E-state index in [1.54, 1.807) is 24.3 Å². The molecule has 0 aromatic heterocycles. The molecule has 0 saturated carbocycles. The maximum atomic E-state index is 11.4. The average molecular weight is 408 g/mol. The highest BCUT2D eigenvalue weighted by atomic mass is 79.9. The number of hydrogen-bond donors (Lipinski definition) is 2. The van der Waals surface area contributed by atoms with Crippen molar-refractivity contribution in [1.29, 1.82) is 0 Å². The molecule has 0 bridgehead atoms. The van der Waals surface area contributed by atoms with E-state index in [1.165, 1.54) is 0 Å². The number of carboxylic acid groups (broad SMARTS) is 2. The molecule has 1 aromatic rings. The molecule has 2 N–H and O–H groups in total. The van der Waals surface area contributed by atoms with Crippen LogP contribution in [0, 0.1) is 5.92 Å². The summed E-state index contributed by atoms with van der Waals surface area (Å²) in [4.78, 5) is 22.3. The number of rotatable bonds is 5. The fourth-order valence-electron chi connectivity index (χ4n) is 2.43. The molecular weight excluding hydrogens is 392 g/mol. The van der Waals surface area contributed by atoms with Crippen molar-refractivity contribution in [2.45, 2.75) is 36.7 Å². The number of carboxylic acids is 2. The van der Waals surface area contributed by atoms with Crippen LogP contribution in [-0.4, -0.2) is 39.2 Å². The minimum absolute atomic E-state index is 0.0207. The van der Waals surface area contributed by atoms with Crippen molar-refractivity contribution in [1.82, 2.24) is 0 Å². The van der Waals surface area contributed by atoms with Gasteiger partial charge >= 0.3 is 11.9 Å². The molecule has 1 fully saturated rings. The third-order valence-electron chi connectivity index (χ3n) is 3.56. The van der Waals surface area contributed by atoms with Crippen molar-refractivity contribution in [2.24, 2.45) is 5.92 Å². The molecule has 1 aliphatic rings. The Morgan fingerprint density at radius 1 is 1.13 bits per heavy atom. The molecule has 0 amide bonds. The molecule has 23 heavy (non-hydrogen) atoms. The third-order valence-corrected chi connectivity index (χ3v) is 5.47. The van der Waals surface area contributed by atoms with Crippen LogP contribution in [-0.2, 0) is 24.8 Å². The summed E-state index contributed by atoms with van der Waals surface area (Å²) in [7, 11) is 0. The summed E-state index contributed by atoms with van der Waals surface area (Å²) >= 11 is 9.35. The summed E-state index contributed by atoms with van der Waals surface area (Å²) in [6.07, 6.45) is -3.22. The van der Waals surface area contributed by atoms with Crippen LogP contribution in [0.15, 0.2) is 24.3 Å². The van der Waals surface area contributed by atoms with Crippen LogP contribution in [0.5, 0.6) is 0 Å². The lowest BCUT2D eigenvalue weighted by atomic mass is 9.95. The van der Waals surface area contributed by atoms with Crippen molar-refractivity contribution in [3.05, 3.63) is 34.9 Å². The Balaban J connectivity index is 2.54. The van der Waals surface area contributed by atoms with E-state index in [1.807, 2.05) is 13.8 Å². The lowest BCUT2D eigenvalue weighted by Gasteiger charge is -2.35. The van der Waals surface area contributed by atoms with Gasteiger partial charge in [-0.15, -0.1) is 0 Å². The van der Waals surface area contributed by atoms with Gasteiger partial charge in [-0.3, -0.25) is 0 Å². The number of aliphatic carboxylic acids is 2. The summed E-state index contributed by atoms with van der Waals surface area (Å²) < 4.78 is 11.3. The van der Waals surface area contributed by atoms with Gasteiger partial charge in [-0.05, 0) is 18.1 Å². The number of ether oxygens (including phenoxy) is 2. The zero-order valence-corrected chi connectivity index (χ0v) is 14.7. The molecule has 0 spiro atoms. The second-order valence-corrected chi connectivity index (χ2v) is 7.00.